The van der Waals surface area contributed by atoms with Gasteiger partial charge in [0.05, 0.1) is 7.11 Å². The second-order valence-electron chi connectivity index (χ2n) is 5.63. The number of benzene rings is 2. The minimum Gasteiger partial charge on any atom is -0.497 e. The Morgan fingerprint density at radius 1 is 1.19 bits per heavy atom. The number of aromatic nitrogens is 3. The van der Waals surface area contributed by atoms with Crippen molar-refractivity contribution in [2.45, 2.75) is 11.7 Å². The first-order chi connectivity index (χ1) is 13.2. The van der Waals surface area contributed by atoms with Gasteiger partial charge < -0.3 is 10.1 Å². The van der Waals surface area contributed by atoms with Gasteiger partial charge in [0.1, 0.15) is 12.3 Å². The smallest absolute Gasteiger partial charge is 0.244 e. The summed E-state index contributed by atoms with van der Waals surface area (Å²) in [6.07, 6.45) is 1.79. The molecule has 0 spiro atoms. The van der Waals surface area contributed by atoms with Crippen LogP contribution in [-0.2, 0) is 11.3 Å². The minimum atomic E-state index is -0.142. The van der Waals surface area contributed by atoms with Crippen LogP contribution in [0.1, 0.15) is 0 Å². The van der Waals surface area contributed by atoms with Gasteiger partial charge in [-0.1, -0.05) is 36.0 Å². The first-order valence-electron chi connectivity index (χ1n) is 8.37. The van der Waals surface area contributed by atoms with Crippen molar-refractivity contribution in [2.75, 3.05) is 18.2 Å². The molecule has 0 fully saturated rings. The van der Waals surface area contributed by atoms with Gasteiger partial charge in [0.15, 0.2) is 11.0 Å². The molecule has 3 aromatic rings. The Morgan fingerprint density at radius 2 is 1.93 bits per heavy atom. The number of carbonyl (C=O) groups is 1. The molecule has 1 heterocycles. The topological polar surface area (TPSA) is 69.0 Å². The van der Waals surface area contributed by atoms with E-state index in [0.717, 1.165) is 17.0 Å². The second-order valence-corrected chi connectivity index (χ2v) is 6.62. The Balaban J connectivity index is 1.86. The Kier molecular flexibility index (Phi) is 6.27. The molecule has 0 aliphatic rings. The Morgan fingerprint density at radius 3 is 2.59 bits per heavy atom. The summed E-state index contributed by atoms with van der Waals surface area (Å²) in [6.45, 7) is 3.85. The molecule has 1 amide bonds. The van der Waals surface area contributed by atoms with Crippen molar-refractivity contribution in [3.05, 3.63) is 67.3 Å². The van der Waals surface area contributed by atoms with Crippen LogP contribution in [0.4, 0.5) is 5.69 Å². The van der Waals surface area contributed by atoms with Crippen LogP contribution in [0.3, 0.4) is 0 Å². The summed E-state index contributed by atoms with van der Waals surface area (Å²) in [5.41, 5.74) is 1.61. The van der Waals surface area contributed by atoms with Gasteiger partial charge in [-0.3, -0.25) is 9.36 Å². The van der Waals surface area contributed by atoms with E-state index in [0.29, 0.717) is 16.7 Å². The van der Waals surface area contributed by atoms with E-state index in [1.807, 2.05) is 59.2 Å². The second kappa shape index (κ2) is 9.05. The lowest BCUT2D eigenvalue weighted by Gasteiger charge is -2.11. The number of ether oxygens (including phenoxy) is 1. The highest BCUT2D eigenvalue weighted by Crippen LogP contribution is 2.25. The molecule has 7 heteroatoms. The lowest BCUT2D eigenvalue weighted by Crippen LogP contribution is -2.20. The highest BCUT2D eigenvalue weighted by atomic mass is 32.2. The number of nitrogens with zero attached hydrogens (tertiary/aromatic N) is 3. The lowest BCUT2D eigenvalue weighted by molar-refractivity contribution is -0.116. The first kappa shape index (κ1) is 18.7. The number of carbonyl (C=O) groups excluding carboxylic acids is 1. The number of methoxy groups -OCH3 is 1. The van der Waals surface area contributed by atoms with Gasteiger partial charge >= 0.3 is 0 Å². The summed E-state index contributed by atoms with van der Waals surface area (Å²) in [4.78, 5) is 12.6. The molecule has 0 radical (unpaired) electrons. The number of thioether (sulfide) groups is 1. The number of anilines is 1. The Bertz CT molecular complexity index is 907. The summed E-state index contributed by atoms with van der Waals surface area (Å²) >= 11 is 1.49. The molecule has 3 rings (SSSR count). The van der Waals surface area contributed by atoms with E-state index in [2.05, 4.69) is 22.1 Å². The van der Waals surface area contributed by atoms with Gasteiger partial charge in [0.25, 0.3) is 0 Å². The predicted molar refractivity (Wildman–Crippen MR) is 108 cm³/mol. The lowest BCUT2D eigenvalue weighted by atomic mass is 10.2. The molecule has 0 saturated carbocycles. The van der Waals surface area contributed by atoms with E-state index in [9.17, 15) is 4.79 Å². The van der Waals surface area contributed by atoms with Gasteiger partial charge in [0.2, 0.25) is 5.91 Å². The van der Waals surface area contributed by atoms with E-state index in [4.69, 9.17) is 4.74 Å². The standard InChI is InChI=1S/C20H20N4O2S/c1-3-13-27-20-23-22-19(15-9-11-17(26-2)12-10-15)24(20)14-18(25)21-16-7-5-4-6-8-16/h3-12H,1,13-14H2,2H3,(H,21,25). The third-order valence-electron chi connectivity index (χ3n) is 3.75. The fourth-order valence-corrected chi connectivity index (χ4v) is 3.16. The predicted octanol–water partition coefficient (Wildman–Crippen LogP) is 3.87. The zero-order valence-corrected chi connectivity index (χ0v) is 15.8. The summed E-state index contributed by atoms with van der Waals surface area (Å²) < 4.78 is 7.02. The third-order valence-corrected chi connectivity index (χ3v) is 4.72. The molecule has 0 aliphatic heterocycles. The Hall–Kier alpha value is -3.06. The van der Waals surface area contributed by atoms with Crippen molar-refractivity contribution in [1.29, 1.82) is 0 Å². The minimum absolute atomic E-state index is 0.114. The van der Waals surface area contributed by atoms with Crippen LogP contribution in [0.25, 0.3) is 11.4 Å². The van der Waals surface area contributed by atoms with Crippen molar-refractivity contribution >= 4 is 23.4 Å². The van der Waals surface area contributed by atoms with E-state index in [-0.39, 0.29) is 12.5 Å². The molecule has 2 aromatic carbocycles. The number of rotatable bonds is 8. The molecule has 27 heavy (non-hydrogen) atoms. The maximum atomic E-state index is 12.6. The van der Waals surface area contributed by atoms with Gasteiger partial charge in [-0.25, -0.2) is 0 Å². The highest BCUT2D eigenvalue weighted by Gasteiger charge is 2.17. The summed E-state index contributed by atoms with van der Waals surface area (Å²) in [5, 5.41) is 12.1. The fraction of sp³-hybridized carbons (Fsp3) is 0.150. The SMILES string of the molecule is C=CCSc1nnc(-c2ccc(OC)cc2)n1CC(=O)Nc1ccccc1. The van der Waals surface area contributed by atoms with Gasteiger partial charge in [-0.15, -0.1) is 16.8 Å². The van der Waals surface area contributed by atoms with E-state index < -0.39 is 0 Å². The fourth-order valence-electron chi connectivity index (χ4n) is 2.49. The van der Waals surface area contributed by atoms with Crippen molar-refractivity contribution in [3.8, 4) is 17.1 Å². The van der Waals surface area contributed by atoms with Crippen LogP contribution in [0.5, 0.6) is 5.75 Å². The van der Waals surface area contributed by atoms with Crippen molar-refractivity contribution in [2.24, 2.45) is 0 Å². The van der Waals surface area contributed by atoms with Crippen molar-refractivity contribution in [1.82, 2.24) is 14.8 Å². The summed E-state index contributed by atoms with van der Waals surface area (Å²) in [7, 11) is 1.62. The molecule has 0 unspecified atom stereocenters. The summed E-state index contributed by atoms with van der Waals surface area (Å²) in [6, 6.07) is 16.9. The van der Waals surface area contributed by atoms with E-state index in [1.165, 1.54) is 11.8 Å². The van der Waals surface area contributed by atoms with Gasteiger partial charge in [-0.05, 0) is 36.4 Å². The highest BCUT2D eigenvalue weighted by molar-refractivity contribution is 7.99. The van der Waals surface area contributed by atoms with E-state index in [1.54, 1.807) is 13.2 Å². The number of para-hydroxylation sites is 1. The van der Waals surface area contributed by atoms with E-state index >= 15 is 0 Å². The number of hydrogen-bond acceptors (Lipinski definition) is 5. The molecule has 1 N–H and O–H groups in total. The molecule has 6 nitrogen and oxygen atoms in total. The van der Waals surface area contributed by atoms with Crippen molar-refractivity contribution < 1.29 is 9.53 Å². The zero-order valence-electron chi connectivity index (χ0n) is 15.0. The summed E-state index contributed by atoms with van der Waals surface area (Å²) in [5.74, 6) is 1.93. The molecule has 138 valence electrons. The molecule has 0 atom stereocenters. The van der Waals surface area contributed by atoms with Crippen LogP contribution in [0.15, 0.2) is 72.4 Å². The number of hydrogen-bond donors (Lipinski definition) is 1. The normalized spacial score (nSPS) is 10.4. The molecule has 0 saturated heterocycles. The Labute approximate surface area is 162 Å². The molecular formula is C20H20N4O2S. The average molecular weight is 380 g/mol. The van der Waals surface area contributed by atoms with Crippen LogP contribution in [0, 0.1) is 0 Å². The molecule has 0 bridgehead atoms. The van der Waals surface area contributed by atoms with Crippen LogP contribution in [0.2, 0.25) is 0 Å². The third kappa shape index (κ3) is 4.77. The molecular weight excluding hydrogens is 360 g/mol. The number of nitrogens with one attached hydrogen (secondary N) is 1. The van der Waals surface area contributed by atoms with Gasteiger partial charge in [0, 0.05) is 17.0 Å². The maximum Gasteiger partial charge on any atom is 0.244 e. The monoisotopic (exact) mass is 380 g/mol. The average Bonchev–Trinajstić information content (AvgIpc) is 3.09. The zero-order chi connectivity index (χ0) is 19.1. The van der Waals surface area contributed by atoms with Crippen LogP contribution >= 0.6 is 11.8 Å². The van der Waals surface area contributed by atoms with Crippen molar-refractivity contribution in [3.63, 3.8) is 0 Å². The molecule has 0 aliphatic carbocycles. The number of amides is 1. The quantitative estimate of drug-likeness (QED) is 0.475. The maximum absolute atomic E-state index is 12.6. The molecule has 1 aromatic heterocycles. The largest absolute Gasteiger partial charge is 0.497 e. The van der Waals surface area contributed by atoms with Gasteiger partial charge in [-0.2, -0.15) is 0 Å². The van der Waals surface area contributed by atoms with Crippen LogP contribution in [-0.4, -0.2) is 33.5 Å². The first-order valence-corrected chi connectivity index (χ1v) is 9.36. The van der Waals surface area contributed by atoms with Crippen LogP contribution < -0.4 is 10.1 Å².